The van der Waals surface area contributed by atoms with E-state index >= 15 is 0 Å². The standard InChI is InChI=1S/C15H15NO3/c1-3-8-19-15(17)13(11-16)9-12-6-5-7-14(10-12)18-4-2/h3,5-7,9-10H,1,4,8H2,2H3/b13-9-. The van der Waals surface area contributed by atoms with Crippen molar-refractivity contribution in [3.63, 3.8) is 0 Å². The normalized spacial score (nSPS) is 10.4. The van der Waals surface area contributed by atoms with Crippen molar-refractivity contribution in [3.8, 4) is 11.8 Å². The number of carbonyl (C=O) groups is 1. The second kappa shape index (κ2) is 7.72. The third-order valence-corrected chi connectivity index (χ3v) is 2.15. The van der Waals surface area contributed by atoms with E-state index in [1.807, 2.05) is 19.1 Å². The Balaban J connectivity index is 2.91. The summed E-state index contributed by atoms with van der Waals surface area (Å²) < 4.78 is 10.2. The third kappa shape index (κ3) is 4.68. The number of benzene rings is 1. The van der Waals surface area contributed by atoms with E-state index in [2.05, 4.69) is 6.58 Å². The van der Waals surface area contributed by atoms with Gasteiger partial charge in [-0.05, 0) is 30.7 Å². The number of nitriles is 1. The molecule has 0 aliphatic carbocycles. The first kappa shape index (κ1) is 14.5. The first-order chi connectivity index (χ1) is 9.21. The van der Waals surface area contributed by atoms with Gasteiger partial charge in [0.25, 0.3) is 0 Å². The lowest BCUT2D eigenvalue weighted by atomic mass is 10.1. The average Bonchev–Trinajstić information content (AvgIpc) is 2.43. The van der Waals surface area contributed by atoms with Crippen LogP contribution >= 0.6 is 0 Å². The molecule has 0 amide bonds. The van der Waals surface area contributed by atoms with Gasteiger partial charge in [0, 0.05) is 0 Å². The summed E-state index contributed by atoms with van der Waals surface area (Å²) in [7, 11) is 0. The second-order valence-electron chi connectivity index (χ2n) is 3.56. The molecule has 4 heteroatoms. The van der Waals surface area contributed by atoms with Crippen LogP contribution in [0.3, 0.4) is 0 Å². The molecule has 98 valence electrons. The van der Waals surface area contributed by atoms with Gasteiger partial charge in [-0.1, -0.05) is 24.8 Å². The highest BCUT2D eigenvalue weighted by Crippen LogP contribution is 2.16. The van der Waals surface area contributed by atoms with Crippen LogP contribution in [0.1, 0.15) is 12.5 Å². The van der Waals surface area contributed by atoms with E-state index in [1.165, 1.54) is 12.2 Å². The van der Waals surface area contributed by atoms with Crippen molar-refractivity contribution in [2.24, 2.45) is 0 Å². The van der Waals surface area contributed by atoms with Gasteiger partial charge in [-0.3, -0.25) is 0 Å². The van der Waals surface area contributed by atoms with E-state index in [0.29, 0.717) is 17.9 Å². The molecule has 0 aliphatic rings. The fraction of sp³-hybridized carbons (Fsp3) is 0.200. The maximum atomic E-state index is 11.6. The van der Waals surface area contributed by atoms with Crippen molar-refractivity contribution < 1.29 is 14.3 Å². The van der Waals surface area contributed by atoms with Crippen LogP contribution in [0.4, 0.5) is 0 Å². The number of carbonyl (C=O) groups excluding carboxylic acids is 1. The highest BCUT2D eigenvalue weighted by molar-refractivity contribution is 5.97. The summed E-state index contributed by atoms with van der Waals surface area (Å²) in [5.41, 5.74) is 0.647. The Bertz CT molecular complexity index is 526. The van der Waals surface area contributed by atoms with E-state index in [1.54, 1.807) is 18.2 Å². The molecule has 0 bridgehead atoms. The topological polar surface area (TPSA) is 59.3 Å². The van der Waals surface area contributed by atoms with Gasteiger partial charge in [0.05, 0.1) is 6.61 Å². The lowest BCUT2D eigenvalue weighted by molar-refractivity contribution is -0.137. The van der Waals surface area contributed by atoms with Crippen molar-refractivity contribution in [2.75, 3.05) is 13.2 Å². The first-order valence-electron chi connectivity index (χ1n) is 5.84. The molecule has 0 atom stereocenters. The molecular weight excluding hydrogens is 242 g/mol. The van der Waals surface area contributed by atoms with Gasteiger partial charge < -0.3 is 9.47 Å². The molecule has 0 spiro atoms. The Morgan fingerprint density at radius 2 is 2.32 bits per heavy atom. The van der Waals surface area contributed by atoms with E-state index in [9.17, 15) is 4.79 Å². The Kier molecular flexibility index (Phi) is 5.90. The van der Waals surface area contributed by atoms with E-state index in [0.717, 1.165) is 0 Å². The molecule has 1 rings (SSSR count). The summed E-state index contributed by atoms with van der Waals surface area (Å²) in [6, 6.07) is 8.95. The number of rotatable bonds is 6. The van der Waals surface area contributed by atoms with Crippen LogP contribution in [0, 0.1) is 11.3 Å². The number of esters is 1. The number of nitrogens with zero attached hydrogens (tertiary/aromatic N) is 1. The second-order valence-corrected chi connectivity index (χ2v) is 3.56. The monoisotopic (exact) mass is 257 g/mol. The summed E-state index contributed by atoms with van der Waals surface area (Å²) >= 11 is 0. The summed E-state index contributed by atoms with van der Waals surface area (Å²) in [6.45, 7) is 5.96. The predicted octanol–water partition coefficient (Wildman–Crippen LogP) is 2.72. The molecular formula is C15H15NO3. The predicted molar refractivity (Wildman–Crippen MR) is 72.4 cm³/mol. The molecule has 0 aliphatic heterocycles. The smallest absolute Gasteiger partial charge is 0.349 e. The summed E-state index contributed by atoms with van der Waals surface area (Å²) in [4.78, 5) is 11.6. The summed E-state index contributed by atoms with van der Waals surface area (Å²) in [6.07, 6.45) is 2.91. The molecule has 0 radical (unpaired) electrons. The van der Waals surface area contributed by atoms with Gasteiger partial charge >= 0.3 is 5.97 Å². The highest BCUT2D eigenvalue weighted by atomic mass is 16.5. The zero-order chi connectivity index (χ0) is 14.1. The third-order valence-electron chi connectivity index (χ3n) is 2.15. The molecule has 0 fully saturated rings. The number of ether oxygens (including phenoxy) is 2. The van der Waals surface area contributed by atoms with Gasteiger partial charge in [-0.2, -0.15) is 5.26 Å². The van der Waals surface area contributed by atoms with Gasteiger partial charge in [0.2, 0.25) is 0 Å². The van der Waals surface area contributed by atoms with Crippen LogP contribution in [0.25, 0.3) is 6.08 Å². The van der Waals surface area contributed by atoms with Crippen molar-refractivity contribution in [2.45, 2.75) is 6.92 Å². The largest absolute Gasteiger partial charge is 0.494 e. The van der Waals surface area contributed by atoms with Crippen molar-refractivity contribution in [3.05, 3.63) is 48.1 Å². The van der Waals surface area contributed by atoms with Crippen LogP contribution in [-0.2, 0) is 9.53 Å². The van der Waals surface area contributed by atoms with Crippen LogP contribution in [0.5, 0.6) is 5.75 Å². The molecule has 19 heavy (non-hydrogen) atoms. The molecule has 0 heterocycles. The number of hydrogen-bond donors (Lipinski definition) is 0. The average molecular weight is 257 g/mol. The van der Waals surface area contributed by atoms with Crippen LogP contribution < -0.4 is 4.74 Å². The fourth-order valence-electron chi connectivity index (χ4n) is 1.38. The zero-order valence-corrected chi connectivity index (χ0v) is 10.8. The van der Waals surface area contributed by atoms with Crippen molar-refractivity contribution in [1.82, 2.24) is 0 Å². The van der Waals surface area contributed by atoms with Gasteiger partial charge in [0.1, 0.15) is 24.0 Å². The van der Waals surface area contributed by atoms with E-state index < -0.39 is 5.97 Å². The maximum absolute atomic E-state index is 11.6. The molecule has 0 unspecified atom stereocenters. The van der Waals surface area contributed by atoms with Crippen LogP contribution in [0.15, 0.2) is 42.5 Å². The Morgan fingerprint density at radius 3 is 2.95 bits per heavy atom. The minimum absolute atomic E-state index is 0.0597. The van der Waals surface area contributed by atoms with Crippen LogP contribution in [0.2, 0.25) is 0 Å². The van der Waals surface area contributed by atoms with Gasteiger partial charge in [-0.25, -0.2) is 4.79 Å². The quantitative estimate of drug-likeness (QED) is 0.340. The molecule has 0 N–H and O–H groups in total. The van der Waals surface area contributed by atoms with Gasteiger partial charge in [0.15, 0.2) is 0 Å². The highest BCUT2D eigenvalue weighted by Gasteiger charge is 2.09. The lowest BCUT2D eigenvalue weighted by Gasteiger charge is -2.04. The minimum Gasteiger partial charge on any atom is -0.494 e. The number of hydrogen-bond acceptors (Lipinski definition) is 4. The SMILES string of the molecule is C=CCOC(=O)/C(C#N)=C\c1cccc(OCC)c1. The summed E-state index contributed by atoms with van der Waals surface area (Å²) in [5, 5.41) is 8.95. The fourth-order valence-corrected chi connectivity index (χ4v) is 1.38. The summed E-state index contributed by atoms with van der Waals surface area (Å²) in [5.74, 6) is 0.0252. The first-order valence-corrected chi connectivity index (χ1v) is 5.84. The molecule has 0 saturated carbocycles. The van der Waals surface area contributed by atoms with Crippen molar-refractivity contribution in [1.29, 1.82) is 5.26 Å². The molecule has 1 aromatic rings. The maximum Gasteiger partial charge on any atom is 0.349 e. The Hall–Kier alpha value is -2.54. The molecule has 0 saturated heterocycles. The Morgan fingerprint density at radius 1 is 1.53 bits per heavy atom. The molecule has 0 aromatic heterocycles. The lowest BCUT2D eigenvalue weighted by Crippen LogP contribution is -2.06. The molecule has 4 nitrogen and oxygen atoms in total. The van der Waals surface area contributed by atoms with Gasteiger partial charge in [-0.15, -0.1) is 0 Å². The van der Waals surface area contributed by atoms with E-state index in [4.69, 9.17) is 14.7 Å². The van der Waals surface area contributed by atoms with Crippen LogP contribution in [-0.4, -0.2) is 19.2 Å². The van der Waals surface area contributed by atoms with E-state index in [-0.39, 0.29) is 12.2 Å². The van der Waals surface area contributed by atoms with Crippen molar-refractivity contribution >= 4 is 12.0 Å². The molecule has 1 aromatic carbocycles. The Labute approximate surface area is 112 Å². The minimum atomic E-state index is -0.663. The zero-order valence-electron chi connectivity index (χ0n) is 10.8.